The van der Waals surface area contributed by atoms with E-state index in [-0.39, 0.29) is 61.0 Å². The van der Waals surface area contributed by atoms with Gasteiger partial charge in [0.05, 0.1) is 23.8 Å². The van der Waals surface area contributed by atoms with Crippen molar-refractivity contribution < 1.29 is 39.6 Å². The van der Waals surface area contributed by atoms with Gasteiger partial charge in [-0.2, -0.15) is 0 Å². The van der Waals surface area contributed by atoms with E-state index in [9.17, 15) is 39.6 Å². The number of fused-ring (bicyclic) bond motifs is 3. The summed E-state index contributed by atoms with van der Waals surface area (Å²) in [6.45, 7) is 0.374. The Hall–Kier alpha value is -3.94. The van der Waals surface area contributed by atoms with Crippen LogP contribution in [-0.2, 0) is 27.3 Å². The van der Waals surface area contributed by atoms with Gasteiger partial charge in [0.1, 0.15) is 17.1 Å². The first-order valence-electron chi connectivity index (χ1n) is 13.4. The normalized spacial score (nSPS) is 24.0. The minimum atomic E-state index is -2.71. The fraction of sp³-hybridized carbons (Fsp3) is 0.333. The first-order chi connectivity index (χ1) is 19.9. The third kappa shape index (κ3) is 5.55. The molecule has 0 aliphatic heterocycles. The molecular formula is C30H34Cl2N4O8. The van der Waals surface area contributed by atoms with Crippen molar-refractivity contribution in [3.8, 4) is 5.75 Å². The lowest BCUT2D eigenvalue weighted by Crippen LogP contribution is -2.63. The highest BCUT2D eigenvalue weighted by Gasteiger charge is 2.63. The molecule has 14 heteroatoms. The summed E-state index contributed by atoms with van der Waals surface area (Å²) in [5.41, 5.74) is 2.74. The molecule has 0 heterocycles. The Bertz CT molecular complexity index is 1580. The molecule has 0 fully saturated rings. The summed E-state index contributed by atoms with van der Waals surface area (Å²) in [4.78, 5) is 53.3. The number of phenols is 1. The Morgan fingerprint density at radius 3 is 2.32 bits per heavy atom. The molecule has 2 unspecified atom stereocenters. The zero-order chi connectivity index (χ0) is 30.5. The molecule has 5 rings (SSSR count). The summed E-state index contributed by atoms with van der Waals surface area (Å²) < 4.78 is 0. The van der Waals surface area contributed by atoms with Crippen LogP contribution in [0.15, 0.2) is 65.1 Å². The summed E-state index contributed by atoms with van der Waals surface area (Å²) >= 11 is 0. The van der Waals surface area contributed by atoms with Crippen molar-refractivity contribution in [2.75, 3.05) is 26.0 Å². The number of halogens is 2. The molecule has 2 amide bonds. The molecule has 0 spiro atoms. The average molecular weight is 650 g/mol. The predicted octanol–water partition coefficient (Wildman–Crippen LogP) is 1.69. The molecule has 2 aromatic carbocycles. The van der Waals surface area contributed by atoms with Crippen LogP contribution in [0.5, 0.6) is 5.75 Å². The first kappa shape index (κ1) is 34.5. The molecule has 0 bridgehead atoms. The van der Waals surface area contributed by atoms with Crippen LogP contribution in [0.25, 0.3) is 0 Å². The van der Waals surface area contributed by atoms with E-state index in [1.54, 1.807) is 20.2 Å². The number of hydrogen-bond donors (Lipinski definition) is 7. The van der Waals surface area contributed by atoms with Crippen LogP contribution < -0.4 is 16.4 Å². The van der Waals surface area contributed by atoms with Gasteiger partial charge < -0.3 is 36.8 Å². The standard InChI is InChI=1S/C30H32N4O8.2ClH/c1-34(2)23-17-11-16-10-15-8-9-18(33-19(35)13-32-12-14-6-4-3-5-7-14)24(36)20(15)25(37)21(16)27(39)30(17,42)28(40)22(26(23)38)29(31)41;;/h3-9,16-17,23,32,36,38-39,42H,10-13H2,1-2H3,(H2,31,41)(H,33,35);2*1H/t16?,17?,23-,30-;;/m0../s1. The number of carbonyl (C=O) groups excluding carboxylic acids is 4. The van der Waals surface area contributed by atoms with Crippen LogP contribution in [0.2, 0.25) is 0 Å². The van der Waals surface area contributed by atoms with E-state index >= 15 is 0 Å². The van der Waals surface area contributed by atoms with Gasteiger partial charge >= 0.3 is 0 Å². The second kappa shape index (κ2) is 13.0. The number of likely N-dealkylation sites (N-methyl/N-ethyl adjacent to an activating group) is 1. The number of allylic oxidation sites excluding steroid dienone is 1. The third-order valence-electron chi connectivity index (χ3n) is 8.33. The van der Waals surface area contributed by atoms with Gasteiger partial charge in [-0.15, -0.1) is 24.8 Å². The summed E-state index contributed by atoms with van der Waals surface area (Å²) in [7, 11) is 3.14. The molecular weight excluding hydrogens is 615 g/mol. The van der Waals surface area contributed by atoms with Crippen molar-refractivity contribution >= 4 is 53.9 Å². The van der Waals surface area contributed by atoms with Gasteiger partial charge in [-0.25, -0.2) is 0 Å². The maximum Gasteiger partial charge on any atom is 0.255 e. The van der Waals surface area contributed by atoms with E-state index in [2.05, 4.69) is 10.6 Å². The number of hydrogen-bond acceptors (Lipinski definition) is 10. The Balaban J connectivity index is 0.00000264. The zero-order valence-corrected chi connectivity index (χ0v) is 25.5. The van der Waals surface area contributed by atoms with Crippen LogP contribution >= 0.6 is 24.8 Å². The number of benzene rings is 2. The number of ketones is 2. The number of aliphatic hydroxyl groups is 3. The fourth-order valence-electron chi connectivity index (χ4n) is 6.44. The smallest absolute Gasteiger partial charge is 0.255 e. The third-order valence-corrected chi connectivity index (χ3v) is 8.33. The largest absolute Gasteiger partial charge is 0.510 e. The summed E-state index contributed by atoms with van der Waals surface area (Å²) in [6.07, 6.45) is 0.160. The summed E-state index contributed by atoms with van der Waals surface area (Å²) in [5.74, 6) is -7.72. The number of nitrogens with zero attached hydrogens (tertiary/aromatic N) is 1. The molecule has 3 aliphatic rings. The molecule has 8 N–H and O–H groups in total. The van der Waals surface area contributed by atoms with Crippen LogP contribution in [0, 0.1) is 11.8 Å². The lowest BCUT2D eigenvalue weighted by Gasteiger charge is -2.50. The molecule has 236 valence electrons. The van der Waals surface area contributed by atoms with Gasteiger partial charge in [0.25, 0.3) is 5.91 Å². The molecule has 3 aliphatic carbocycles. The summed E-state index contributed by atoms with van der Waals surface area (Å²) in [6, 6.07) is 11.5. The highest BCUT2D eigenvalue weighted by atomic mass is 35.5. The molecule has 0 saturated carbocycles. The highest BCUT2D eigenvalue weighted by molar-refractivity contribution is 6.25. The van der Waals surface area contributed by atoms with Crippen LogP contribution in [-0.4, -0.2) is 81.0 Å². The van der Waals surface area contributed by atoms with Crippen LogP contribution in [0.3, 0.4) is 0 Å². The number of aliphatic hydroxyl groups excluding tert-OH is 2. The van der Waals surface area contributed by atoms with E-state index in [0.717, 1.165) is 5.56 Å². The molecule has 12 nitrogen and oxygen atoms in total. The second-order valence-corrected chi connectivity index (χ2v) is 11.1. The Morgan fingerprint density at radius 2 is 1.70 bits per heavy atom. The monoisotopic (exact) mass is 648 g/mol. The predicted molar refractivity (Wildman–Crippen MR) is 165 cm³/mol. The molecule has 4 atom stereocenters. The van der Waals surface area contributed by atoms with E-state index < -0.39 is 69.7 Å². The molecule has 0 aromatic heterocycles. The van der Waals surface area contributed by atoms with Gasteiger partial charge in [-0.3, -0.25) is 24.1 Å². The summed E-state index contributed by atoms with van der Waals surface area (Å²) in [5, 5.41) is 50.5. The number of phenolic OH excluding ortho intramolecular Hbond substituents is 1. The van der Waals surface area contributed by atoms with Gasteiger partial charge in [0, 0.05) is 18.0 Å². The number of anilines is 1. The molecule has 0 radical (unpaired) electrons. The zero-order valence-electron chi connectivity index (χ0n) is 23.9. The van der Waals surface area contributed by atoms with Crippen molar-refractivity contribution in [1.29, 1.82) is 0 Å². The van der Waals surface area contributed by atoms with E-state index in [0.29, 0.717) is 12.1 Å². The topological polar surface area (TPSA) is 203 Å². The fourth-order valence-corrected chi connectivity index (χ4v) is 6.44. The minimum absolute atomic E-state index is 0. The lowest BCUT2D eigenvalue weighted by molar-refractivity contribution is -0.148. The number of amides is 2. The van der Waals surface area contributed by atoms with Crippen molar-refractivity contribution in [1.82, 2.24) is 10.2 Å². The van der Waals surface area contributed by atoms with E-state index in [4.69, 9.17) is 5.73 Å². The number of primary amides is 1. The van der Waals surface area contributed by atoms with Crippen LogP contribution in [0.4, 0.5) is 5.69 Å². The van der Waals surface area contributed by atoms with Crippen LogP contribution in [0.1, 0.15) is 27.9 Å². The lowest BCUT2D eigenvalue weighted by atomic mass is 9.58. The second-order valence-electron chi connectivity index (χ2n) is 11.1. The van der Waals surface area contributed by atoms with Gasteiger partial charge in [0.15, 0.2) is 17.1 Å². The van der Waals surface area contributed by atoms with Crippen molar-refractivity contribution in [2.45, 2.75) is 31.0 Å². The minimum Gasteiger partial charge on any atom is -0.510 e. The highest BCUT2D eigenvalue weighted by Crippen LogP contribution is 2.52. The molecule has 0 saturated heterocycles. The maximum atomic E-state index is 13.8. The number of Topliss-reactive ketones (excluding diaryl/α,β-unsaturated/α-hetero) is 2. The van der Waals surface area contributed by atoms with Crippen molar-refractivity contribution in [3.63, 3.8) is 0 Å². The Kier molecular flexibility index (Phi) is 10.2. The molecule has 44 heavy (non-hydrogen) atoms. The number of aromatic hydroxyl groups is 1. The van der Waals surface area contributed by atoms with Gasteiger partial charge in [-0.05, 0) is 50.0 Å². The average Bonchev–Trinajstić information content (AvgIpc) is 2.92. The molecule has 2 aromatic rings. The SMILES string of the molecule is CN(C)[C@@H]1C(O)=C(C(N)=O)C(=O)[C@@]2(O)C(O)=C3C(=O)c4c(ccc(NC(=O)CNCc5ccccc5)c4O)CC3CC12.Cl.Cl. The van der Waals surface area contributed by atoms with E-state index in [1.807, 2.05) is 30.3 Å². The number of nitrogens with two attached hydrogens (primary N) is 1. The van der Waals surface area contributed by atoms with Crippen molar-refractivity contribution in [2.24, 2.45) is 17.6 Å². The van der Waals surface area contributed by atoms with E-state index in [1.165, 1.54) is 11.0 Å². The Labute approximate surface area is 265 Å². The van der Waals surface area contributed by atoms with Gasteiger partial charge in [0.2, 0.25) is 11.7 Å². The number of nitrogens with one attached hydrogen (secondary N) is 2. The first-order valence-corrected chi connectivity index (χ1v) is 13.4. The maximum absolute atomic E-state index is 13.8. The number of rotatable bonds is 7. The quantitative estimate of drug-likeness (QED) is 0.171. The van der Waals surface area contributed by atoms with Crippen molar-refractivity contribution in [3.05, 3.63) is 81.8 Å². The Morgan fingerprint density at radius 1 is 1.05 bits per heavy atom. The van der Waals surface area contributed by atoms with Gasteiger partial charge in [-0.1, -0.05) is 36.4 Å². The number of carbonyl (C=O) groups is 4.